The highest BCUT2D eigenvalue weighted by atomic mass is 15.3. The van der Waals surface area contributed by atoms with Crippen LogP contribution in [0.5, 0.6) is 0 Å². The zero-order valence-electron chi connectivity index (χ0n) is 11.5. The molecule has 1 aliphatic heterocycles. The minimum atomic E-state index is 0.526. The Kier molecular flexibility index (Phi) is 3.10. The average molecular weight is 260 g/mol. The van der Waals surface area contributed by atoms with E-state index in [9.17, 15) is 0 Å². The van der Waals surface area contributed by atoms with E-state index in [2.05, 4.69) is 26.9 Å². The quantitative estimate of drug-likeness (QED) is 0.881. The van der Waals surface area contributed by atoms with Crippen LogP contribution in [-0.2, 0) is 13.6 Å². The van der Waals surface area contributed by atoms with Gasteiger partial charge in [-0.1, -0.05) is 6.42 Å². The summed E-state index contributed by atoms with van der Waals surface area (Å²) in [6.45, 7) is 4.16. The molecule has 19 heavy (non-hydrogen) atoms. The van der Waals surface area contributed by atoms with E-state index in [1.807, 2.05) is 7.05 Å². The third-order valence-electron chi connectivity index (χ3n) is 3.95. The van der Waals surface area contributed by atoms with Gasteiger partial charge in [-0.05, 0) is 26.3 Å². The number of fused-ring (bicyclic) bond motifs is 1. The molecule has 0 radical (unpaired) electrons. The molecule has 1 fully saturated rings. The van der Waals surface area contributed by atoms with E-state index in [0.29, 0.717) is 11.9 Å². The van der Waals surface area contributed by atoms with Crippen LogP contribution in [0, 0.1) is 0 Å². The minimum absolute atomic E-state index is 0.526. The van der Waals surface area contributed by atoms with Crippen LogP contribution in [0.1, 0.15) is 32.0 Å². The second kappa shape index (κ2) is 4.77. The van der Waals surface area contributed by atoms with Crippen molar-refractivity contribution in [3.8, 4) is 0 Å². The Morgan fingerprint density at radius 3 is 3.00 bits per heavy atom. The van der Waals surface area contributed by atoms with E-state index in [0.717, 1.165) is 29.9 Å². The number of anilines is 1. The number of nitrogen functional groups attached to an aromatic ring is 1. The summed E-state index contributed by atoms with van der Waals surface area (Å²) in [4.78, 5) is 11.4. The molecule has 2 aromatic heterocycles. The van der Waals surface area contributed by atoms with Gasteiger partial charge in [-0.3, -0.25) is 9.58 Å². The Bertz CT molecular complexity index is 590. The summed E-state index contributed by atoms with van der Waals surface area (Å²) in [5.41, 5.74) is 6.80. The van der Waals surface area contributed by atoms with Gasteiger partial charge < -0.3 is 5.73 Å². The standard InChI is InChI=1S/C13H20N6/c1-9-5-3-4-6-19(9)8-11-16-12(14)10-7-15-18(2)13(10)17-11/h7,9H,3-6,8H2,1-2H3,(H2,14,16,17). The molecule has 6 heteroatoms. The van der Waals surface area contributed by atoms with Crippen LogP contribution < -0.4 is 5.73 Å². The molecule has 0 aromatic carbocycles. The number of hydrogen-bond donors (Lipinski definition) is 1. The van der Waals surface area contributed by atoms with Crippen LogP contribution in [0.3, 0.4) is 0 Å². The third kappa shape index (κ3) is 2.28. The molecule has 0 spiro atoms. The molecular weight excluding hydrogens is 240 g/mol. The second-order valence-electron chi connectivity index (χ2n) is 5.35. The molecule has 1 saturated heterocycles. The Morgan fingerprint density at radius 1 is 1.37 bits per heavy atom. The summed E-state index contributed by atoms with van der Waals surface area (Å²) < 4.78 is 1.75. The zero-order valence-corrected chi connectivity index (χ0v) is 11.5. The predicted octanol–water partition coefficient (Wildman–Crippen LogP) is 1.32. The van der Waals surface area contributed by atoms with Crippen molar-refractivity contribution in [2.75, 3.05) is 12.3 Å². The first kappa shape index (κ1) is 12.3. The predicted molar refractivity (Wildman–Crippen MR) is 74.4 cm³/mol. The molecule has 102 valence electrons. The lowest BCUT2D eigenvalue weighted by molar-refractivity contribution is 0.149. The number of aryl methyl sites for hydroxylation is 1. The van der Waals surface area contributed by atoms with Gasteiger partial charge in [0, 0.05) is 13.1 Å². The van der Waals surface area contributed by atoms with Crippen LogP contribution in [0.2, 0.25) is 0 Å². The molecule has 3 heterocycles. The van der Waals surface area contributed by atoms with Gasteiger partial charge in [0.05, 0.1) is 18.1 Å². The number of piperidine rings is 1. The lowest BCUT2D eigenvalue weighted by Gasteiger charge is -2.32. The van der Waals surface area contributed by atoms with Crippen molar-refractivity contribution in [1.29, 1.82) is 0 Å². The smallest absolute Gasteiger partial charge is 0.163 e. The van der Waals surface area contributed by atoms with E-state index < -0.39 is 0 Å². The summed E-state index contributed by atoms with van der Waals surface area (Å²) in [7, 11) is 1.88. The Morgan fingerprint density at radius 2 is 2.21 bits per heavy atom. The monoisotopic (exact) mass is 260 g/mol. The fraction of sp³-hybridized carbons (Fsp3) is 0.615. The first-order chi connectivity index (χ1) is 9.15. The number of nitrogens with zero attached hydrogens (tertiary/aromatic N) is 5. The van der Waals surface area contributed by atoms with Gasteiger partial charge in [-0.25, -0.2) is 9.97 Å². The maximum atomic E-state index is 5.99. The van der Waals surface area contributed by atoms with E-state index in [1.54, 1.807) is 10.9 Å². The van der Waals surface area contributed by atoms with Gasteiger partial charge in [-0.15, -0.1) is 0 Å². The topological polar surface area (TPSA) is 72.9 Å². The maximum Gasteiger partial charge on any atom is 0.163 e. The largest absolute Gasteiger partial charge is 0.383 e. The highest BCUT2D eigenvalue weighted by Crippen LogP contribution is 2.20. The van der Waals surface area contributed by atoms with Gasteiger partial charge in [0.15, 0.2) is 5.65 Å². The van der Waals surface area contributed by atoms with E-state index in [4.69, 9.17) is 5.73 Å². The maximum absolute atomic E-state index is 5.99. The van der Waals surface area contributed by atoms with E-state index in [-0.39, 0.29) is 0 Å². The molecule has 0 aliphatic carbocycles. The van der Waals surface area contributed by atoms with Gasteiger partial charge in [-0.2, -0.15) is 5.10 Å². The Hall–Kier alpha value is -1.69. The van der Waals surface area contributed by atoms with Crippen LogP contribution in [0.25, 0.3) is 11.0 Å². The SMILES string of the molecule is CC1CCCCN1Cc1nc(N)c2cnn(C)c2n1. The molecule has 1 unspecified atom stereocenters. The third-order valence-corrected chi connectivity index (χ3v) is 3.95. The van der Waals surface area contributed by atoms with Crippen molar-refractivity contribution < 1.29 is 0 Å². The van der Waals surface area contributed by atoms with Crippen LogP contribution in [0.4, 0.5) is 5.82 Å². The lowest BCUT2D eigenvalue weighted by Crippen LogP contribution is -2.37. The van der Waals surface area contributed by atoms with Crippen LogP contribution >= 0.6 is 0 Å². The van der Waals surface area contributed by atoms with Crippen molar-refractivity contribution in [2.24, 2.45) is 7.05 Å². The first-order valence-electron chi connectivity index (χ1n) is 6.83. The van der Waals surface area contributed by atoms with Crippen molar-refractivity contribution >= 4 is 16.9 Å². The van der Waals surface area contributed by atoms with Crippen LogP contribution in [0.15, 0.2) is 6.20 Å². The van der Waals surface area contributed by atoms with Gasteiger partial charge in [0.1, 0.15) is 11.6 Å². The molecule has 2 N–H and O–H groups in total. The average Bonchev–Trinajstić information content (AvgIpc) is 2.75. The number of aromatic nitrogens is 4. The summed E-state index contributed by atoms with van der Waals surface area (Å²) >= 11 is 0. The minimum Gasteiger partial charge on any atom is -0.383 e. The van der Waals surface area contributed by atoms with Crippen molar-refractivity contribution in [1.82, 2.24) is 24.6 Å². The number of rotatable bonds is 2. The highest BCUT2D eigenvalue weighted by molar-refractivity contribution is 5.84. The summed E-state index contributed by atoms with van der Waals surface area (Å²) in [6.07, 6.45) is 5.55. The summed E-state index contributed by atoms with van der Waals surface area (Å²) in [5, 5.41) is 5.01. The molecule has 3 rings (SSSR count). The molecular formula is C13H20N6. The second-order valence-corrected chi connectivity index (χ2v) is 5.35. The molecule has 6 nitrogen and oxygen atoms in total. The van der Waals surface area contributed by atoms with Crippen molar-refractivity contribution in [2.45, 2.75) is 38.8 Å². The fourth-order valence-electron chi connectivity index (χ4n) is 2.74. The Balaban J connectivity index is 1.90. The summed E-state index contributed by atoms with van der Waals surface area (Å²) in [6, 6.07) is 0.598. The molecule has 2 aromatic rings. The molecule has 1 aliphatic rings. The fourth-order valence-corrected chi connectivity index (χ4v) is 2.74. The van der Waals surface area contributed by atoms with Crippen molar-refractivity contribution in [3.05, 3.63) is 12.0 Å². The zero-order chi connectivity index (χ0) is 13.4. The van der Waals surface area contributed by atoms with Crippen LogP contribution in [-0.4, -0.2) is 37.2 Å². The Labute approximate surface area is 112 Å². The van der Waals surface area contributed by atoms with Gasteiger partial charge in [0.25, 0.3) is 0 Å². The summed E-state index contributed by atoms with van der Waals surface area (Å²) in [5.74, 6) is 1.32. The highest BCUT2D eigenvalue weighted by Gasteiger charge is 2.20. The number of nitrogens with two attached hydrogens (primary N) is 1. The molecule has 0 saturated carbocycles. The van der Waals surface area contributed by atoms with Gasteiger partial charge in [0.2, 0.25) is 0 Å². The van der Waals surface area contributed by atoms with E-state index >= 15 is 0 Å². The normalized spacial score (nSPS) is 21.1. The lowest BCUT2D eigenvalue weighted by atomic mass is 10.0. The molecule has 0 bridgehead atoms. The van der Waals surface area contributed by atoms with E-state index in [1.165, 1.54) is 19.3 Å². The van der Waals surface area contributed by atoms with Crippen molar-refractivity contribution in [3.63, 3.8) is 0 Å². The number of likely N-dealkylation sites (tertiary alicyclic amines) is 1. The first-order valence-corrected chi connectivity index (χ1v) is 6.83. The molecule has 0 amide bonds. The molecule has 1 atom stereocenters. The van der Waals surface area contributed by atoms with Gasteiger partial charge >= 0.3 is 0 Å². The number of hydrogen-bond acceptors (Lipinski definition) is 5.